The van der Waals surface area contributed by atoms with Crippen molar-refractivity contribution in [2.45, 2.75) is 26.7 Å². The van der Waals surface area contributed by atoms with E-state index in [1.165, 1.54) is 5.56 Å². The number of nitrogens with zero attached hydrogens (tertiary/aromatic N) is 2. The van der Waals surface area contributed by atoms with Crippen LogP contribution in [0.25, 0.3) is 11.4 Å². The molecule has 2 N–H and O–H groups in total. The summed E-state index contributed by atoms with van der Waals surface area (Å²) in [6.45, 7) is 4.83. The van der Waals surface area contributed by atoms with Crippen molar-refractivity contribution < 1.29 is 4.52 Å². The summed E-state index contributed by atoms with van der Waals surface area (Å²) in [7, 11) is 0. The number of hydrogen-bond donors (Lipinski definition) is 1. The van der Waals surface area contributed by atoms with Crippen LogP contribution in [0.15, 0.2) is 28.8 Å². The third kappa shape index (κ3) is 2.96. The Morgan fingerprint density at radius 2 is 2.00 bits per heavy atom. The molecule has 1 aromatic carbocycles. The Balaban J connectivity index is 2.12. The Bertz CT molecular complexity index is 486. The van der Waals surface area contributed by atoms with E-state index in [4.69, 9.17) is 10.3 Å². The van der Waals surface area contributed by atoms with E-state index in [0.717, 1.165) is 18.4 Å². The van der Waals surface area contributed by atoms with Gasteiger partial charge in [0.1, 0.15) is 0 Å². The molecule has 0 fully saturated rings. The minimum absolute atomic E-state index is 0.413. The Hall–Kier alpha value is -1.68. The first-order valence-electron chi connectivity index (χ1n) is 6.32. The summed E-state index contributed by atoms with van der Waals surface area (Å²) in [6, 6.07) is 8.09. The first-order chi connectivity index (χ1) is 8.72. The molecule has 0 aliphatic carbocycles. The molecule has 0 aliphatic heterocycles. The van der Waals surface area contributed by atoms with Gasteiger partial charge in [0.15, 0.2) is 0 Å². The first-order valence-corrected chi connectivity index (χ1v) is 6.32. The molecule has 4 nitrogen and oxygen atoms in total. The first kappa shape index (κ1) is 12.8. The molecule has 1 atom stereocenters. The maximum Gasteiger partial charge on any atom is 0.227 e. The fourth-order valence-corrected chi connectivity index (χ4v) is 1.80. The Morgan fingerprint density at radius 3 is 2.61 bits per heavy atom. The molecule has 18 heavy (non-hydrogen) atoms. The summed E-state index contributed by atoms with van der Waals surface area (Å²) in [6.07, 6.45) is 1.78. The highest BCUT2D eigenvalue weighted by atomic mass is 16.5. The van der Waals surface area contributed by atoms with Crippen LogP contribution in [0.4, 0.5) is 0 Å². The lowest BCUT2D eigenvalue weighted by atomic mass is 10.0. The van der Waals surface area contributed by atoms with E-state index in [0.29, 0.717) is 24.2 Å². The van der Waals surface area contributed by atoms with Crippen molar-refractivity contribution in [2.75, 3.05) is 6.54 Å². The van der Waals surface area contributed by atoms with Crippen molar-refractivity contribution in [2.24, 2.45) is 11.7 Å². The van der Waals surface area contributed by atoms with E-state index in [-0.39, 0.29) is 0 Å². The largest absolute Gasteiger partial charge is 0.339 e. The molecule has 0 spiro atoms. The van der Waals surface area contributed by atoms with E-state index in [9.17, 15) is 0 Å². The second-order valence-corrected chi connectivity index (χ2v) is 4.59. The van der Waals surface area contributed by atoms with Gasteiger partial charge in [0.25, 0.3) is 0 Å². The summed E-state index contributed by atoms with van der Waals surface area (Å²) in [4.78, 5) is 4.41. The maximum absolute atomic E-state index is 5.68. The Labute approximate surface area is 107 Å². The number of rotatable bonds is 5. The average Bonchev–Trinajstić information content (AvgIpc) is 2.85. The summed E-state index contributed by atoms with van der Waals surface area (Å²) >= 11 is 0. The van der Waals surface area contributed by atoms with Gasteiger partial charge in [-0.15, -0.1) is 0 Å². The Morgan fingerprint density at radius 1 is 1.28 bits per heavy atom. The van der Waals surface area contributed by atoms with Gasteiger partial charge in [-0.2, -0.15) is 4.98 Å². The third-order valence-electron chi connectivity index (χ3n) is 3.15. The minimum Gasteiger partial charge on any atom is -0.339 e. The smallest absolute Gasteiger partial charge is 0.227 e. The fourth-order valence-electron chi connectivity index (χ4n) is 1.80. The van der Waals surface area contributed by atoms with Gasteiger partial charge in [0, 0.05) is 12.0 Å². The van der Waals surface area contributed by atoms with Gasteiger partial charge in [-0.25, -0.2) is 0 Å². The quantitative estimate of drug-likeness (QED) is 0.879. The molecule has 0 saturated carbocycles. The van der Waals surface area contributed by atoms with Gasteiger partial charge < -0.3 is 10.3 Å². The predicted octanol–water partition coefficient (Wildman–Crippen LogP) is 2.57. The van der Waals surface area contributed by atoms with Crippen LogP contribution in [0.3, 0.4) is 0 Å². The lowest BCUT2D eigenvalue weighted by molar-refractivity contribution is 0.350. The van der Waals surface area contributed by atoms with Crippen LogP contribution in [0.1, 0.15) is 24.8 Å². The van der Waals surface area contributed by atoms with Crippen LogP contribution >= 0.6 is 0 Å². The van der Waals surface area contributed by atoms with Gasteiger partial charge in [-0.3, -0.25) is 0 Å². The molecule has 1 aromatic heterocycles. The lowest BCUT2D eigenvalue weighted by Gasteiger charge is -2.07. The van der Waals surface area contributed by atoms with E-state index in [1.54, 1.807) is 0 Å². The van der Waals surface area contributed by atoms with Crippen molar-refractivity contribution in [1.82, 2.24) is 10.1 Å². The highest BCUT2D eigenvalue weighted by Crippen LogP contribution is 2.18. The van der Waals surface area contributed by atoms with Crippen molar-refractivity contribution >= 4 is 0 Å². The molecule has 0 amide bonds. The topological polar surface area (TPSA) is 64.9 Å². The standard InChI is InChI=1S/C14H19N3O/c1-3-11(9-15)8-13-16-14(17-18-13)12-6-4-10(2)5-7-12/h4-7,11H,3,8-9,15H2,1-2H3. The van der Waals surface area contributed by atoms with Crippen LogP contribution < -0.4 is 5.73 Å². The molecule has 2 rings (SSSR count). The van der Waals surface area contributed by atoms with E-state index < -0.39 is 0 Å². The van der Waals surface area contributed by atoms with Crippen molar-refractivity contribution in [3.8, 4) is 11.4 Å². The second-order valence-electron chi connectivity index (χ2n) is 4.59. The van der Waals surface area contributed by atoms with Crippen LogP contribution in [-0.2, 0) is 6.42 Å². The molecule has 0 bridgehead atoms. The van der Waals surface area contributed by atoms with E-state index >= 15 is 0 Å². The van der Waals surface area contributed by atoms with E-state index in [1.807, 2.05) is 24.3 Å². The van der Waals surface area contributed by atoms with Crippen molar-refractivity contribution in [3.63, 3.8) is 0 Å². The molecule has 0 radical (unpaired) electrons. The van der Waals surface area contributed by atoms with Crippen LogP contribution in [0.2, 0.25) is 0 Å². The summed E-state index contributed by atoms with van der Waals surface area (Å²) in [5.74, 6) is 1.73. The van der Waals surface area contributed by atoms with Gasteiger partial charge in [-0.05, 0) is 19.4 Å². The lowest BCUT2D eigenvalue weighted by Crippen LogP contribution is -2.15. The van der Waals surface area contributed by atoms with Gasteiger partial charge in [-0.1, -0.05) is 48.3 Å². The zero-order valence-electron chi connectivity index (χ0n) is 10.9. The Kier molecular flexibility index (Phi) is 4.10. The number of benzene rings is 1. The summed E-state index contributed by atoms with van der Waals surface area (Å²) in [5, 5.41) is 4.01. The second kappa shape index (κ2) is 5.78. The highest BCUT2D eigenvalue weighted by Gasteiger charge is 2.12. The van der Waals surface area contributed by atoms with Crippen molar-refractivity contribution in [3.05, 3.63) is 35.7 Å². The van der Waals surface area contributed by atoms with Gasteiger partial charge in [0.2, 0.25) is 11.7 Å². The van der Waals surface area contributed by atoms with Crippen LogP contribution in [0, 0.1) is 12.8 Å². The molecule has 1 unspecified atom stereocenters. The molecule has 0 aliphatic rings. The fraction of sp³-hybridized carbons (Fsp3) is 0.429. The van der Waals surface area contributed by atoms with Gasteiger partial charge in [0.05, 0.1) is 0 Å². The zero-order valence-corrected chi connectivity index (χ0v) is 10.9. The van der Waals surface area contributed by atoms with Gasteiger partial charge >= 0.3 is 0 Å². The monoisotopic (exact) mass is 245 g/mol. The third-order valence-corrected chi connectivity index (χ3v) is 3.15. The molecule has 4 heteroatoms. The number of nitrogens with two attached hydrogens (primary N) is 1. The number of aromatic nitrogens is 2. The maximum atomic E-state index is 5.68. The zero-order chi connectivity index (χ0) is 13.0. The SMILES string of the molecule is CCC(CN)Cc1nc(-c2ccc(C)cc2)no1. The number of hydrogen-bond acceptors (Lipinski definition) is 4. The average molecular weight is 245 g/mol. The van der Waals surface area contributed by atoms with Crippen molar-refractivity contribution in [1.29, 1.82) is 0 Å². The highest BCUT2D eigenvalue weighted by molar-refractivity contribution is 5.54. The molecule has 0 saturated heterocycles. The van der Waals surface area contributed by atoms with Crippen LogP contribution in [-0.4, -0.2) is 16.7 Å². The van der Waals surface area contributed by atoms with Crippen LogP contribution in [0.5, 0.6) is 0 Å². The summed E-state index contributed by atoms with van der Waals surface area (Å²) < 4.78 is 5.27. The molecular formula is C14H19N3O. The predicted molar refractivity (Wildman–Crippen MR) is 71.0 cm³/mol. The molecule has 2 aromatic rings. The molecule has 96 valence electrons. The van der Waals surface area contributed by atoms with E-state index in [2.05, 4.69) is 24.0 Å². The summed E-state index contributed by atoms with van der Waals surface area (Å²) in [5.41, 5.74) is 7.88. The molecule has 1 heterocycles. The normalized spacial score (nSPS) is 12.6. The molecular weight excluding hydrogens is 226 g/mol. The minimum atomic E-state index is 0.413. The number of aryl methyl sites for hydroxylation is 1.